The Balaban J connectivity index is 2.53. The molecule has 2 nitrogen and oxygen atoms in total. The van der Waals surface area contributed by atoms with Crippen LogP contribution in [-0.4, -0.2) is 7.11 Å². The van der Waals surface area contributed by atoms with E-state index < -0.39 is 0 Å². The lowest BCUT2D eigenvalue weighted by molar-refractivity contribution is 0.297. The molecule has 100 valence electrons. The molecule has 0 saturated heterocycles. The van der Waals surface area contributed by atoms with E-state index in [2.05, 4.69) is 0 Å². The fraction of sp³-hybridized carbons (Fsp3) is 0.600. The van der Waals surface area contributed by atoms with Crippen molar-refractivity contribution in [1.82, 2.24) is 0 Å². The zero-order valence-electron chi connectivity index (χ0n) is 11.5. The molecule has 1 aliphatic carbocycles. The van der Waals surface area contributed by atoms with Crippen molar-refractivity contribution < 1.29 is 9.13 Å². The van der Waals surface area contributed by atoms with Crippen molar-refractivity contribution in [3.8, 4) is 5.75 Å². The molecule has 1 fully saturated rings. The Kier molecular flexibility index (Phi) is 3.62. The van der Waals surface area contributed by atoms with Gasteiger partial charge in [-0.2, -0.15) is 0 Å². The van der Waals surface area contributed by atoms with E-state index in [0.717, 1.165) is 36.8 Å². The third-order valence-corrected chi connectivity index (χ3v) is 4.20. The van der Waals surface area contributed by atoms with Crippen molar-refractivity contribution in [2.75, 3.05) is 7.11 Å². The number of halogens is 1. The average Bonchev–Trinajstić information content (AvgIpc) is 2.35. The number of rotatable bonds is 2. The molecular formula is C15H22FNO. The molecule has 0 unspecified atom stereocenters. The molecule has 0 spiro atoms. The average molecular weight is 251 g/mol. The summed E-state index contributed by atoms with van der Waals surface area (Å²) in [5, 5.41) is 0. The SMILES string of the molecule is COc1c(C)c(F)cc(C2(N)CCCCC2)c1C. The number of benzene rings is 1. The highest BCUT2D eigenvalue weighted by Crippen LogP contribution is 2.40. The molecule has 0 amide bonds. The van der Waals surface area contributed by atoms with Crippen LogP contribution in [0.1, 0.15) is 48.8 Å². The van der Waals surface area contributed by atoms with Crippen molar-refractivity contribution in [1.29, 1.82) is 0 Å². The van der Waals surface area contributed by atoms with E-state index in [-0.39, 0.29) is 11.4 Å². The number of methoxy groups -OCH3 is 1. The lowest BCUT2D eigenvalue weighted by atomic mass is 9.75. The minimum atomic E-state index is -0.385. The first-order valence-electron chi connectivity index (χ1n) is 6.62. The van der Waals surface area contributed by atoms with Gasteiger partial charge in [0.1, 0.15) is 11.6 Å². The largest absolute Gasteiger partial charge is 0.496 e. The summed E-state index contributed by atoms with van der Waals surface area (Å²) >= 11 is 0. The quantitative estimate of drug-likeness (QED) is 0.872. The maximum absolute atomic E-state index is 14.0. The highest BCUT2D eigenvalue weighted by molar-refractivity contribution is 5.48. The molecule has 0 heterocycles. The van der Waals surface area contributed by atoms with E-state index in [0.29, 0.717) is 11.3 Å². The van der Waals surface area contributed by atoms with Crippen LogP contribution in [0.25, 0.3) is 0 Å². The summed E-state index contributed by atoms with van der Waals surface area (Å²) in [7, 11) is 1.59. The third-order valence-electron chi connectivity index (χ3n) is 4.20. The zero-order chi connectivity index (χ0) is 13.3. The van der Waals surface area contributed by atoms with Gasteiger partial charge >= 0.3 is 0 Å². The maximum Gasteiger partial charge on any atom is 0.130 e. The Morgan fingerprint density at radius 3 is 2.33 bits per heavy atom. The van der Waals surface area contributed by atoms with Crippen LogP contribution in [0, 0.1) is 19.7 Å². The van der Waals surface area contributed by atoms with Gasteiger partial charge in [0.05, 0.1) is 7.11 Å². The second kappa shape index (κ2) is 4.88. The minimum absolute atomic E-state index is 0.220. The molecule has 2 rings (SSSR count). The van der Waals surface area contributed by atoms with Crippen LogP contribution in [0.2, 0.25) is 0 Å². The Hall–Kier alpha value is -1.09. The van der Waals surface area contributed by atoms with Crippen molar-refractivity contribution in [3.63, 3.8) is 0 Å². The molecule has 18 heavy (non-hydrogen) atoms. The van der Waals surface area contributed by atoms with Gasteiger partial charge in [-0.05, 0) is 43.9 Å². The van der Waals surface area contributed by atoms with E-state index in [9.17, 15) is 4.39 Å². The Morgan fingerprint density at radius 1 is 1.17 bits per heavy atom. The van der Waals surface area contributed by atoms with Crippen molar-refractivity contribution in [3.05, 3.63) is 28.6 Å². The molecule has 1 aromatic rings. The minimum Gasteiger partial charge on any atom is -0.496 e. The molecule has 1 saturated carbocycles. The van der Waals surface area contributed by atoms with Gasteiger partial charge in [0.25, 0.3) is 0 Å². The van der Waals surface area contributed by atoms with Crippen LogP contribution in [0.5, 0.6) is 5.75 Å². The van der Waals surface area contributed by atoms with E-state index in [1.165, 1.54) is 6.42 Å². The van der Waals surface area contributed by atoms with E-state index in [1.807, 2.05) is 6.92 Å². The van der Waals surface area contributed by atoms with Gasteiger partial charge < -0.3 is 10.5 Å². The normalized spacial score (nSPS) is 18.7. The topological polar surface area (TPSA) is 35.2 Å². The highest BCUT2D eigenvalue weighted by atomic mass is 19.1. The van der Waals surface area contributed by atoms with Gasteiger partial charge in [0.2, 0.25) is 0 Å². The smallest absolute Gasteiger partial charge is 0.130 e. The summed E-state index contributed by atoms with van der Waals surface area (Å²) in [4.78, 5) is 0. The summed E-state index contributed by atoms with van der Waals surface area (Å²) in [6, 6.07) is 1.61. The number of hydrogen-bond donors (Lipinski definition) is 1. The third kappa shape index (κ3) is 2.12. The molecule has 2 N–H and O–H groups in total. The van der Waals surface area contributed by atoms with Crippen LogP contribution in [0.3, 0.4) is 0 Å². The predicted molar refractivity (Wildman–Crippen MR) is 71.4 cm³/mol. The number of hydrogen-bond acceptors (Lipinski definition) is 2. The molecule has 0 atom stereocenters. The standard InChI is InChI=1S/C15H22FNO/c1-10-12(15(17)7-5-4-6-8-15)9-13(16)11(2)14(10)18-3/h9H,4-8,17H2,1-3H3. The van der Waals surface area contributed by atoms with Gasteiger partial charge in [-0.15, -0.1) is 0 Å². The van der Waals surface area contributed by atoms with Crippen molar-refractivity contribution >= 4 is 0 Å². The number of ether oxygens (including phenoxy) is 1. The first kappa shape index (κ1) is 13.3. The second-order valence-electron chi connectivity index (χ2n) is 5.41. The maximum atomic E-state index is 14.0. The van der Waals surface area contributed by atoms with E-state index >= 15 is 0 Å². The summed E-state index contributed by atoms with van der Waals surface area (Å²) in [6.45, 7) is 3.72. The number of nitrogens with two attached hydrogens (primary N) is 1. The van der Waals surface area contributed by atoms with Crippen LogP contribution in [0.15, 0.2) is 6.07 Å². The molecule has 0 bridgehead atoms. The predicted octanol–water partition coefficient (Wildman–Crippen LogP) is 3.57. The van der Waals surface area contributed by atoms with Crippen molar-refractivity contribution in [2.24, 2.45) is 5.73 Å². The van der Waals surface area contributed by atoms with E-state index in [1.54, 1.807) is 20.1 Å². The first-order chi connectivity index (χ1) is 8.49. The lowest BCUT2D eigenvalue weighted by Gasteiger charge is -2.35. The second-order valence-corrected chi connectivity index (χ2v) is 5.41. The molecule has 0 aliphatic heterocycles. The Bertz CT molecular complexity index is 450. The zero-order valence-corrected chi connectivity index (χ0v) is 11.5. The summed E-state index contributed by atoms with van der Waals surface area (Å²) in [5.74, 6) is 0.420. The fourth-order valence-corrected chi connectivity index (χ4v) is 3.13. The highest BCUT2D eigenvalue weighted by Gasteiger charge is 2.32. The van der Waals surface area contributed by atoms with Crippen LogP contribution >= 0.6 is 0 Å². The Morgan fingerprint density at radius 2 is 1.78 bits per heavy atom. The summed E-state index contributed by atoms with van der Waals surface area (Å²) in [6.07, 6.45) is 5.32. The van der Waals surface area contributed by atoms with Crippen LogP contribution in [-0.2, 0) is 5.54 Å². The lowest BCUT2D eigenvalue weighted by Crippen LogP contribution is -2.39. The summed E-state index contributed by atoms with van der Waals surface area (Å²) < 4.78 is 19.3. The van der Waals surface area contributed by atoms with Crippen LogP contribution in [0.4, 0.5) is 4.39 Å². The summed E-state index contributed by atoms with van der Waals surface area (Å²) in [5.41, 5.74) is 8.59. The Labute approximate surface area is 108 Å². The molecule has 1 aliphatic rings. The molecule has 3 heteroatoms. The van der Waals surface area contributed by atoms with Crippen molar-refractivity contribution in [2.45, 2.75) is 51.5 Å². The van der Waals surface area contributed by atoms with Gasteiger partial charge in [0.15, 0.2) is 0 Å². The van der Waals surface area contributed by atoms with E-state index in [4.69, 9.17) is 10.5 Å². The first-order valence-corrected chi connectivity index (χ1v) is 6.62. The van der Waals surface area contributed by atoms with Gasteiger partial charge in [-0.3, -0.25) is 0 Å². The molecule has 1 aromatic carbocycles. The van der Waals surface area contributed by atoms with Crippen LogP contribution < -0.4 is 10.5 Å². The molecular weight excluding hydrogens is 229 g/mol. The molecule has 0 radical (unpaired) electrons. The van der Waals surface area contributed by atoms with Gasteiger partial charge in [-0.1, -0.05) is 19.3 Å². The van der Waals surface area contributed by atoms with Gasteiger partial charge in [0, 0.05) is 11.1 Å². The fourth-order valence-electron chi connectivity index (χ4n) is 3.13. The molecule has 0 aromatic heterocycles. The monoisotopic (exact) mass is 251 g/mol. The van der Waals surface area contributed by atoms with Gasteiger partial charge in [-0.25, -0.2) is 4.39 Å².